The second-order valence-electron chi connectivity index (χ2n) is 6.63. The molecular weight excluding hydrogens is 296 g/mol. The standard InChI is InChI=1S/C18H26N2O.ClH/c1-3-19-13(2)12-20-17(21)16-11-18(16)10-6-8-14-7-4-5-9-15(14)18;/h4-5,7,9,13,16,19H,3,6,8,10-12H2,1-2H3,(H,20,21);1H/t13-,16?,18?;/m1./s1. The molecule has 2 aliphatic rings. The van der Waals surface area contributed by atoms with E-state index in [-0.39, 0.29) is 29.6 Å². The molecule has 3 atom stereocenters. The quantitative estimate of drug-likeness (QED) is 0.875. The van der Waals surface area contributed by atoms with Crippen molar-refractivity contribution in [1.29, 1.82) is 0 Å². The monoisotopic (exact) mass is 322 g/mol. The van der Waals surface area contributed by atoms with Gasteiger partial charge in [0, 0.05) is 23.9 Å². The minimum atomic E-state index is 0. The third-order valence-corrected chi connectivity index (χ3v) is 5.15. The van der Waals surface area contributed by atoms with E-state index in [0.717, 1.165) is 19.5 Å². The molecule has 0 radical (unpaired) electrons. The topological polar surface area (TPSA) is 41.1 Å². The van der Waals surface area contributed by atoms with Crippen molar-refractivity contribution < 1.29 is 4.79 Å². The molecule has 0 saturated heterocycles. The molecule has 2 N–H and O–H groups in total. The van der Waals surface area contributed by atoms with Crippen LogP contribution in [0.1, 0.15) is 44.2 Å². The SMILES string of the molecule is CCN[C@H](C)CNC(=O)C1CC12CCCc1ccccc12.Cl. The van der Waals surface area contributed by atoms with Crippen LogP contribution in [0, 0.1) is 5.92 Å². The summed E-state index contributed by atoms with van der Waals surface area (Å²) in [4.78, 5) is 12.5. The van der Waals surface area contributed by atoms with E-state index in [4.69, 9.17) is 0 Å². The van der Waals surface area contributed by atoms with E-state index in [1.54, 1.807) is 0 Å². The van der Waals surface area contributed by atoms with E-state index in [1.807, 2.05) is 0 Å². The Hall–Kier alpha value is -1.06. The lowest BCUT2D eigenvalue weighted by molar-refractivity contribution is -0.122. The summed E-state index contributed by atoms with van der Waals surface area (Å²) in [5.41, 5.74) is 3.05. The number of hydrogen-bond acceptors (Lipinski definition) is 2. The van der Waals surface area contributed by atoms with Crippen LogP contribution in [0.3, 0.4) is 0 Å². The van der Waals surface area contributed by atoms with Crippen LogP contribution in [0.2, 0.25) is 0 Å². The third-order valence-electron chi connectivity index (χ3n) is 5.15. The van der Waals surface area contributed by atoms with Gasteiger partial charge in [-0.25, -0.2) is 0 Å². The molecule has 0 aliphatic heterocycles. The summed E-state index contributed by atoms with van der Waals surface area (Å²) in [7, 11) is 0. The van der Waals surface area contributed by atoms with Crippen molar-refractivity contribution in [2.24, 2.45) is 5.92 Å². The predicted octanol–water partition coefficient (Wildman–Crippen LogP) is 2.82. The normalized spacial score (nSPS) is 26.7. The molecule has 1 saturated carbocycles. The highest BCUT2D eigenvalue weighted by Crippen LogP contribution is 2.60. The summed E-state index contributed by atoms with van der Waals surface area (Å²) < 4.78 is 0. The molecule has 1 aromatic rings. The molecule has 2 aliphatic carbocycles. The number of amides is 1. The fourth-order valence-corrected chi connectivity index (χ4v) is 3.97. The molecule has 4 heteroatoms. The van der Waals surface area contributed by atoms with Gasteiger partial charge in [0.15, 0.2) is 0 Å². The molecule has 1 aromatic carbocycles. The Morgan fingerprint density at radius 2 is 2.18 bits per heavy atom. The molecule has 122 valence electrons. The third kappa shape index (κ3) is 3.16. The van der Waals surface area contributed by atoms with Crippen LogP contribution in [0.25, 0.3) is 0 Å². The number of fused-ring (bicyclic) bond motifs is 2. The Balaban J connectivity index is 0.00000176. The number of hydrogen-bond donors (Lipinski definition) is 2. The average molecular weight is 323 g/mol. The van der Waals surface area contributed by atoms with Gasteiger partial charge >= 0.3 is 0 Å². The lowest BCUT2D eigenvalue weighted by atomic mass is 9.78. The summed E-state index contributed by atoms with van der Waals surface area (Å²) in [6, 6.07) is 9.05. The van der Waals surface area contributed by atoms with Crippen LogP contribution < -0.4 is 10.6 Å². The van der Waals surface area contributed by atoms with Crippen LogP contribution in [0.5, 0.6) is 0 Å². The van der Waals surface area contributed by atoms with E-state index in [9.17, 15) is 4.79 Å². The van der Waals surface area contributed by atoms with Gasteiger partial charge in [-0.15, -0.1) is 12.4 Å². The largest absolute Gasteiger partial charge is 0.354 e. The summed E-state index contributed by atoms with van der Waals surface area (Å²) in [6.07, 6.45) is 4.59. The molecule has 1 fully saturated rings. The lowest BCUT2D eigenvalue weighted by Gasteiger charge is -2.26. The summed E-state index contributed by atoms with van der Waals surface area (Å²) in [6.45, 7) is 5.87. The van der Waals surface area contributed by atoms with Crippen molar-refractivity contribution in [2.75, 3.05) is 13.1 Å². The first-order chi connectivity index (χ1) is 10.2. The van der Waals surface area contributed by atoms with Gasteiger partial charge in [0.25, 0.3) is 0 Å². The van der Waals surface area contributed by atoms with Crippen molar-refractivity contribution in [2.45, 2.75) is 51.0 Å². The Bertz CT molecular complexity index is 534. The van der Waals surface area contributed by atoms with Gasteiger partial charge in [-0.1, -0.05) is 31.2 Å². The van der Waals surface area contributed by atoms with E-state index in [0.29, 0.717) is 6.04 Å². The van der Waals surface area contributed by atoms with Crippen LogP contribution in [0.15, 0.2) is 24.3 Å². The molecule has 1 amide bonds. The van der Waals surface area contributed by atoms with Gasteiger partial charge in [-0.05, 0) is 50.3 Å². The van der Waals surface area contributed by atoms with Gasteiger partial charge in [-0.2, -0.15) is 0 Å². The maximum atomic E-state index is 12.5. The molecule has 0 aromatic heterocycles. The van der Waals surface area contributed by atoms with Crippen molar-refractivity contribution in [3.63, 3.8) is 0 Å². The smallest absolute Gasteiger partial charge is 0.224 e. The molecule has 22 heavy (non-hydrogen) atoms. The minimum Gasteiger partial charge on any atom is -0.354 e. The Morgan fingerprint density at radius 1 is 1.41 bits per heavy atom. The number of aryl methyl sites for hydroxylation is 1. The molecule has 3 nitrogen and oxygen atoms in total. The fraction of sp³-hybridized carbons (Fsp3) is 0.611. The zero-order valence-electron chi connectivity index (χ0n) is 13.5. The molecular formula is C18H27ClN2O. The van der Waals surface area contributed by atoms with Crippen LogP contribution in [-0.4, -0.2) is 25.0 Å². The zero-order chi connectivity index (χ0) is 14.9. The van der Waals surface area contributed by atoms with Crippen molar-refractivity contribution >= 4 is 18.3 Å². The second-order valence-corrected chi connectivity index (χ2v) is 6.63. The van der Waals surface area contributed by atoms with E-state index in [2.05, 4.69) is 48.7 Å². The lowest BCUT2D eigenvalue weighted by Crippen LogP contribution is -2.40. The van der Waals surface area contributed by atoms with Crippen LogP contribution in [0.4, 0.5) is 0 Å². The van der Waals surface area contributed by atoms with Gasteiger partial charge in [0.05, 0.1) is 0 Å². The Kier molecular flexibility index (Phi) is 5.51. The highest BCUT2D eigenvalue weighted by atomic mass is 35.5. The highest BCUT2D eigenvalue weighted by Gasteiger charge is 2.59. The number of likely N-dealkylation sites (N-methyl/N-ethyl adjacent to an activating group) is 1. The van der Waals surface area contributed by atoms with Crippen LogP contribution >= 0.6 is 12.4 Å². The number of carbonyl (C=O) groups excluding carboxylic acids is 1. The van der Waals surface area contributed by atoms with E-state index >= 15 is 0 Å². The van der Waals surface area contributed by atoms with Crippen molar-refractivity contribution in [1.82, 2.24) is 10.6 Å². The maximum absolute atomic E-state index is 12.5. The Morgan fingerprint density at radius 3 is 2.95 bits per heavy atom. The molecule has 0 bridgehead atoms. The summed E-state index contributed by atoms with van der Waals surface area (Å²) >= 11 is 0. The minimum absolute atomic E-state index is 0. The highest BCUT2D eigenvalue weighted by molar-refractivity contribution is 5.85. The first-order valence-corrected chi connectivity index (χ1v) is 8.27. The second kappa shape index (κ2) is 7.01. The molecule has 3 rings (SSSR count). The number of rotatable bonds is 5. The fourth-order valence-electron chi connectivity index (χ4n) is 3.97. The Labute approximate surface area is 139 Å². The predicted molar refractivity (Wildman–Crippen MR) is 92.6 cm³/mol. The number of carbonyl (C=O) groups is 1. The molecule has 0 heterocycles. The van der Waals surface area contributed by atoms with Gasteiger partial charge in [-0.3, -0.25) is 4.79 Å². The molecule has 2 unspecified atom stereocenters. The first kappa shape index (κ1) is 17.3. The van der Waals surface area contributed by atoms with Crippen molar-refractivity contribution in [3.05, 3.63) is 35.4 Å². The summed E-state index contributed by atoms with van der Waals surface area (Å²) in [5.74, 6) is 0.434. The number of nitrogens with one attached hydrogen (secondary N) is 2. The summed E-state index contributed by atoms with van der Waals surface area (Å²) in [5, 5.41) is 6.46. The van der Waals surface area contributed by atoms with E-state index < -0.39 is 0 Å². The maximum Gasteiger partial charge on any atom is 0.224 e. The van der Waals surface area contributed by atoms with Gasteiger partial charge < -0.3 is 10.6 Å². The first-order valence-electron chi connectivity index (χ1n) is 8.27. The number of halogens is 1. The van der Waals surface area contributed by atoms with Gasteiger partial charge in [0.2, 0.25) is 5.91 Å². The van der Waals surface area contributed by atoms with Crippen LogP contribution in [-0.2, 0) is 16.6 Å². The van der Waals surface area contributed by atoms with E-state index in [1.165, 1.54) is 30.4 Å². The molecule has 1 spiro atoms. The number of benzene rings is 1. The zero-order valence-corrected chi connectivity index (χ0v) is 14.3. The average Bonchev–Trinajstić information content (AvgIpc) is 3.21. The van der Waals surface area contributed by atoms with Gasteiger partial charge in [0.1, 0.15) is 0 Å². The van der Waals surface area contributed by atoms with Crippen molar-refractivity contribution in [3.8, 4) is 0 Å².